The Labute approximate surface area is 210 Å². The number of H-pyrrole nitrogens is 1. The molecule has 0 bridgehead atoms. The van der Waals surface area contributed by atoms with E-state index in [9.17, 15) is 9.59 Å². The molecular weight excluding hydrogens is 476 g/mol. The van der Waals surface area contributed by atoms with E-state index in [2.05, 4.69) is 48.8 Å². The Morgan fingerprint density at radius 2 is 2.00 bits per heavy atom. The van der Waals surface area contributed by atoms with E-state index in [4.69, 9.17) is 0 Å². The third kappa shape index (κ3) is 3.98. The summed E-state index contributed by atoms with van der Waals surface area (Å²) in [5.41, 5.74) is 5.44. The fourth-order valence-electron chi connectivity index (χ4n) is 4.66. The number of pyridine rings is 1. The molecule has 0 aliphatic carbocycles. The first-order valence-electron chi connectivity index (χ1n) is 11.3. The van der Waals surface area contributed by atoms with E-state index in [1.165, 1.54) is 5.56 Å². The molecule has 6 nitrogen and oxygen atoms in total. The molecule has 0 fully saturated rings. The summed E-state index contributed by atoms with van der Waals surface area (Å²) in [5.74, 6) is 0.266. The van der Waals surface area contributed by atoms with Crippen LogP contribution in [0.15, 0.2) is 81.1 Å². The van der Waals surface area contributed by atoms with Crippen molar-refractivity contribution in [2.75, 3.05) is 0 Å². The molecule has 0 saturated carbocycles. The summed E-state index contributed by atoms with van der Waals surface area (Å²) in [5, 5.41) is 7.24. The summed E-state index contributed by atoms with van der Waals surface area (Å²) >= 11 is 3.43. The van der Waals surface area contributed by atoms with Gasteiger partial charge in [-0.2, -0.15) is 11.3 Å². The zero-order chi connectivity index (χ0) is 23.9. The number of amides is 1. The van der Waals surface area contributed by atoms with E-state index in [1.807, 2.05) is 43.3 Å². The third-order valence-corrected chi connectivity index (χ3v) is 8.27. The lowest BCUT2D eigenvalue weighted by atomic mass is 10.0. The maximum atomic E-state index is 13.5. The first-order valence-corrected chi connectivity index (χ1v) is 13.2. The van der Waals surface area contributed by atoms with Gasteiger partial charge >= 0.3 is 0 Å². The van der Waals surface area contributed by atoms with E-state index >= 15 is 0 Å². The summed E-state index contributed by atoms with van der Waals surface area (Å²) in [4.78, 5) is 35.6. The Morgan fingerprint density at radius 1 is 1.17 bits per heavy atom. The molecule has 2 N–H and O–H groups in total. The zero-order valence-corrected chi connectivity index (χ0v) is 20.6. The molecule has 2 aromatic carbocycles. The van der Waals surface area contributed by atoms with Crippen molar-refractivity contribution in [3.05, 3.63) is 110 Å². The van der Waals surface area contributed by atoms with Crippen molar-refractivity contribution in [1.82, 2.24) is 19.9 Å². The number of thiophene rings is 1. The molecule has 6 rings (SSSR count). The predicted octanol–water partition coefficient (Wildman–Crippen LogP) is 5.40. The predicted molar refractivity (Wildman–Crippen MR) is 141 cm³/mol. The number of carbonyl (C=O) groups is 1. The molecule has 1 aliphatic heterocycles. The van der Waals surface area contributed by atoms with Crippen LogP contribution >= 0.6 is 23.1 Å². The van der Waals surface area contributed by atoms with Crippen LogP contribution in [0.25, 0.3) is 16.7 Å². The number of nitrogens with one attached hydrogen (secondary N) is 2. The second-order valence-electron chi connectivity index (χ2n) is 8.53. The molecule has 1 amide bonds. The van der Waals surface area contributed by atoms with Gasteiger partial charge in [-0.05, 0) is 53.6 Å². The number of thioether (sulfide) groups is 1. The van der Waals surface area contributed by atoms with Crippen LogP contribution in [0.4, 0.5) is 0 Å². The molecule has 0 unspecified atom stereocenters. The molecule has 3 aromatic heterocycles. The SMILES string of the molecule is Cc1cc(=O)c(C(=O)NCc2nc3ccccc3[nH]2)c2n1-c1ccccc1S[C@H](c1ccsc1)C2. The summed E-state index contributed by atoms with van der Waals surface area (Å²) in [6, 6.07) is 19.6. The quantitative estimate of drug-likeness (QED) is 0.348. The van der Waals surface area contributed by atoms with E-state index in [0.29, 0.717) is 12.2 Å². The number of rotatable bonds is 4. The number of para-hydroxylation sites is 3. The number of aromatic nitrogens is 3. The lowest BCUT2D eigenvalue weighted by Crippen LogP contribution is -2.32. The van der Waals surface area contributed by atoms with Crippen LogP contribution in [0.1, 0.15) is 38.4 Å². The number of imidazole rings is 1. The highest BCUT2D eigenvalue weighted by molar-refractivity contribution is 7.99. The smallest absolute Gasteiger partial charge is 0.257 e. The van der Waals surface area contributed by atoms with Gasteiger partial charge in [-0.15, -0.1) is 11.8 Å². The molecule has 0 spiro atoms. The monoisotopic (exact) mass is 498 g/mol. The van der Waals surface area contributed by atoms with Crippen LogP contribution in [-0.2, 0) is 13.0 Å². The second-order valence-corrected chi connectivity index (χ2v) is 10.6. The van der Waals surface area contributed by atoms with Crippen LogP contribution in [0.5, 0.6) is 0 Å². The van der Waals surface area contributed by atoms with Crippen molar-refractivity contribution in [2.45, 2.75) is 30.0 Å². The van der Waals surface area contributed by atoms with Crippen molar-refractivity contribution < 1.29 is 4.79 Å². The molecule has 1 aliphatic rings. The van der Waals surface area contributed by atoms with Crippen LogP contribution in [0, 0.1) is 6.92 Å². The average Bonchev–Trinajstić information content (AvgIpc) is 3.49. The number of aryl methyl sites for hydroxylation is 1. The van der Waals surface area contributed by atoms with Gasteiger partial charge in [0.1, 0.15) is 11.4 Å². The first-order chi connectivity index (χ1) is 17.1. The molecule has 35 heavy (non-hydrogen) atoms. The molecule has 1 atom stereocenters. The van der Waals surface area contributed by atoms with Gasteiger partial charge in [0, 0.05) is 34.0 Å². The summed E-state index contributed by atoms with van der Waals surface area (Å²) in [7, 11) is 0. The van der Waals surface area contributed by atoms with Crippen molar-refractivity contribution in [1.29, 1.82) is 0 Å². The minimum atomic E-state index is -0.382. The van der Waals surface area contributed by atoms with Crippen LogP contribution in [0.2, 0.25) is 0 Å². The average molecular weight is 499 g/mol. The lowest BCUT2D eigenvalue weighted by Gasteiger charge is -2.19. The summed E-state index contributed by atoms with van der Waals surface area (Å²) < 4.78 is 2.08. The minimum Gasteiger partial charge on any atom is -0.345 e. The van der Waals surface area contributed by atoms with Gasteiger partial charge in [-0.3, -0.25) is 9.59 Å². The summed E-state index contributed by atoms with van der Waals surface area (Å²) in [6.45, 7) is 2.13. The number of nitrogens with zero attached hydrogens (tertiary/aromatic N) is 2. The van der Waals surface area contributed by atoms with Crippen LogP contribution < -0.4 is 10.7 Å². The van der Waals surface area contributed by atoms with E-state index < -0.39 is 0 Å². The van der Waals surface area contributed by atoms with Gasteiger partial charge in [0.2, 0.25) is 0 Å². The number of hydrogen-bond donors (Lipinski definition) is 2. The molecule has 4 heterocycles. The normalized spacial score (nSPS) is 14.8. The fourth-order valence-corrected chi connectivity index (χ4v) is 6.73. The van der Waals surface area contributed by atoms with E-state index in [0.717, 1.165) is 33.0 Å². The van der Waals surface area contributed by atoms with Crippen molar-refractivity contribution in [3.8, 4) is 5.69 Å². The van der Waals surface area contributed by atoms with Gasteiger partial charge in [0.25, 0.3) is 5.91 Å². The third-order valence-electron chi connectivity index (χ3n) is 6.25. The number of hydrogen-bond acceptors (Lipinski definition) is 5. The highest BCUT2D eigenvalue weighted by Crippen LogP contribution is 2.44. The number of carbonyl (C=O) groups excluding carboxylic acids is 1. The maximum Gasteiger partial charge on any atom is 0.257 e. The van der Waals surface area contributed by atoms with E-state index in [-0.39, 0.29) is 28.7 Å². The first kappa shape index (κ1) is 21.9. The largest absolute Gasteiger partial charge is 0.345 e. The number of benzene rings is 2. The van der Waals surface area contributed by atoms with Gasteiger partial charge < -0.3 is 14.9 Å². The Bertz CT molecular complexity index is 1590. The maximum absolute atomic E-state index is 13.5. The Hall–Kier alpha value is -3.62. The molecule has 174 valence electrons. The van der Waals surface area contributed by atoms with Gasteiger partial charge in [-0.25, -0.2) is 4.98 Å². The number of fused-ring (bicyclic) bond motifs is 4. The molecule has 0 radical (unpaired) electrons. The molecule has 0 saturated heterocycles. The lowest BCUT2D eigenvalue weighted by molar-refractivity contribution is 0.0947. The van der Waals surface area contributed by atoms with Gasteiger partial charge in [-0.1, -0.05) is 24.3 Å². The molecule has 8 heteroatoms. The minimum absolute atomic E-state index is 0.0965. The van der Waals surface area contributed by atoms with Gasteiger partial charge in [0.05, 0.1) is 23.3 Å². The van der Waals surface area contributed by atoms with Gasteiger partial charge in [0.15, 0.2) is 5.43 Å². The Balaban J connectivity index is 1.42. The van der Waals surface area contributed by atoms with Crippen LogP contribution in [-0.4, -0.2) is 20.4 Å². The fraction of sp³-hybridized carbons (Fsp3) is 0.148. The Kier molecular flexibility index (Phi) is 5.54. The topological polar surface area (TPSA) is 79.8 Å². The standard InChI is InChI=1S/C27H22N4O2S2/c1-16-12-22(32)26(27(33)28-14-25-29-18-6-2-3-7-19(18)30-25)21-13-24(17-10-11-34-15-17)35-23-9-5-4-8-20(23)31(16)21/h2-12,15,24H,13-14H2,1H3,(H,28,33)(H,29,30)/t24-/m0/s1. The molecule has 5 aromatic rings. The van der Waals surface area contributed by atoms with Crippen LogP contribution in [0.3, 0.4) is 0 Å². The van der Waals surface area contributed by atoms with Crippen molar-refractivity contribution in [3.63, 3.8) is 0 Å². The van der Waals surface area contributed by atoms with Crippen molar-refractivity contribution >= 4 is 40.0 Å². The van der Waals surface area contributed by atoms with Crippen molar-refractivity contribution in [2.24, 2.45) is 0 Å². The summed E-state index contributed by atoms with van der Waals surface area (Å²) in [6.07, 6.45) is 0.570. The molecular formula is C27H22N4O2S2. The zero-order valence-electron chi connectivity index (χ0n) is 18.9. The highest BCUT2D eigenvalue weighted by atomic mass is 32.2. The second kappa shape index (κ2) is 8.87. The highest BCUT2D eigenvalue weighted by Gasteiger charge is 2.29. The number of aromatic amines is 1. The van der Waals surface area contributed by atoms with E-state index in [1.54, 1.807) is 29.2 Å². The Morgan fingerprint density at radius 3 is 2.83 bits per heavy atom.